The van der Waals surface area contributed by atoms with Gasteiger partial charge in [0.25, 0.3) is 5.91 Å². The Morgan fingerprint density at radius 3 is 2.79 bits per heavy atom. The van der Waals surface area contributed by atoms with Gasteiger partial charge in [0.05, 0.1) is 13.3 Å². The van der Waals surface area contributed by atoms with Crippen molar-refractivity contribution < 1.29 is 14.3 Å². The smallest absolute Gasteiger partial charge is 0.273 e. The molecule has 0 unspecified atom stereocenters. The number of para-hydroxylation sites is 1. The van der Waals surface area contributed by atoms with Gasteiger partial charge in [0.2, 0.25) is 0 Å². The predicted octanol–water partition coefficient (Wildman–Crippen LogP) is 1.30. The van der Waals surface area contributed by atoms with E-state index in [0.717, 1.165) is 24.2 Å². The van der Waals surface area contributed by atoms with E-state index in [-0.39, 0.29) is 11.3 Å². The lowest BCUT2D eigenvalue weighted by molar-refractivity contribution is 0.0478. The largest absolute Gasteiger partial charge is 0.496 e. The maximum atomic E-state index is 12.3. The van der Waals surface area contributed by atoms with Gasteiger partial charge in [-0.25, -0.2) is 0 Å². The van der Waals surface area contributed by atoms with E-state index in [4.69, 9.17) is 9.47 Å². The number of aryl methyl sites for hydroxylation is 1. The van der Waals surface area contributed by atoms with Crippen LogP contribution >= 0.6 is 0 Å². The number of nitrogens with one attached hydrogen (secondary N) is 1. The Labute approximate surface area is 141 Å². The standard InChI is InChI=1S/C17H22N4O3/c1-21-11-14(19-20-21)16(22)18-12-17(7-9-24-10-8-17)13-5-3-4-6-15(13)23-2/h3-6,11H,7-10,12H2,1-2H3,(H,18,22). The number of hydrogen-bond donors (Lipinski definition) is 1. The summed E-state index contributed by atoms with van der Waals surface area (Å²) >= 11 is 0. The van der Waals surface area contributed by atoms with E-state index in [2.05, 4.69) is 21.7 Å². The van der Waals surface area contributed by atoms with Crippen LogP contribution in [0.1, 0.15) is 28.9 Å². The fourth-order valence-electron chi connectivity index (χ4n) is 3.18. The monoisotopic (exact) mass is 330 g/mol. The second-order valence-electron chi connectivity index (χ2n) is 6.05. The third kappa shape index (κ3) is 3.26. The third-order valence-electron chi connectivity index (χ3n) is 4.55. The Balaban J connectivity index is 1.82. The quantitative estimate of drug-likeness (QED) is 0.894. The molecule has 128 valence electrons. The van der Waals surface area contributed by atoms with Gasteiger partial charge in [-0.3, -0.25) is 9.48 Å². The lowest BCUT2D eigenvalue weighted by atomic mass is 9.73. The summed E-state index contributed by atoms with van der Waals surface area (Å²) in [5.74, 6) is 0.622. The summed E-state index contributed by atoms with van der Waals surface area (Å²) in [5, 5.41) is 10.7. The molecule has 1 amide bonds. The summed E-state index contributed by atoms with van der Waals surface area (Å²) in [6.07, 6.45) is 3.26. The first-order valence-electron chi connectivity index (χ1n) is 8.00. The number of benzene rings is 1. The van der Waals surface area contributed by atoms with Crippen LogP contribution < -0.4 is 10.1 Å². The SMILES string of the molecule is COc1ccccc1C1(CNC(=O)c2cn(C)nn2)CCOCC1. The van der Waals surface area contributed by atoms with Crippen LogP contribution in [-0.2, 0) is 17.2 Å². The summed E-state index contributed by atoms with van der Waals surface area (Å²) in [6, 6.07) is 7.97. The Morgan fingerprint density at radius 1 is 1.38 bits per heavy atom. The number of hydrogen-bond acceptors (Lipinski definition) is 5. The average molecular weight is 330 g/mol. The number of methoxy groups -OCH3 is 1. The number of aromatic nitrogens is 3. The molecule has 1 aromatic carbocycles. The number of rotatable bonds is 5. The molecule has 0 atom stereocenters. The first-order valence-corrected chi connectivity index (χ1v) is 8.00. The van der Waals surface area contributed by atoms with Gasteiger partial charge in [0.15, 0.2) is 5.69 Å². The lowest BCUT2D eigenvalue weighted by Crippen LogP contribution is -2.44. The summed E-state index contributed by atoms with van der Waals surface area (Å²) in [5.41, 5.74) is 1.22. The van der Waals surface area contributed by atoms with Gasteiger partial charge < -0.3 is 14.8 Å². The molecule has 2 aromatic rings. The van der Waals surface area contributed by atoms with Gasteiger partial charge in [-0.1, -0.05) is 23.4 Å². The second kappa shape index (κ2) is 7.00. The third-order valence-corrected chi connectivity index (χ3v) is 4.55. The zero-order valence-electron chi connectivity index (χ0n) is 14.0. The molecule has 0 spiro atoms. The van der Waals surface area contributed by atoms with Crippen molar-refractivity contribution in [1.29, 1.82) is 0 Å². The van der Waals surface area contributed by atoms with E-state index >= 15 is 0 Å². The van der Waals surface area contributed by atoms with Crippen molar-refractivity contribution in [2.24, 2.45) is 7.05 Å². The Bertz CT molecular complexity index is 707. The van der Waals surface area contributed by atoms with Gasteiger partial charge >= 0.3 is 0 Å². The van der Waals surface area contributed by atoms with E-state index < -0.39 is 0 Å². The molecule has 1 aliphatic rings. The van der Waals surface area contributed by atoms with Crippen molar-refractivity contribution in [3.8, 4) is 5.75 Å². The molecule has 3 rings (SSSR count). The maximum absolute atomic E-state index is 12.3. The van der Waals surface area contributed by atoms with E-state index in [0.29, 0.717) is 25.5 Å². The normalized spacial score (nSPS) is 16.6. The Morgan fingerprint density at radius 2 is 2.12 bits per heavy atom. The van der Waals surface area contributed by atoms with Gasteiger partial charge in [-0.15, -0.1) is 5.10 Å². The van der Waals surface area contributed by atoms with Crippen LogP contribution in [0.5, 0.6) is 5.75 Å². The lowest BCUT2D eigenvalue weighted by Gasteiger charge is -2.38. The minimum Gasteiger partial charge on any atom is -0.496 e. The first kappa shape index (κ1) is 16.4. The van der Waals surface area contributed by atoms with E-state index in [1.807, 2.05) is 18.2 Å². The van der Waals surface area contributed by atoms with Crippen molar-refractivity contribution >= 4 is 5.91 Å². The second-order valence-corrected chi connectivity index (χ2v) is 6.05. The fourth-order valence-corrected chi connectivity index (χ4v) is 3.18. The molecule has 7 nitrogen and oxygen atoms in total. The number of carbonyl (C=O) groups excluding carboxylic acids is 1. The molecular formula is C17H22N4O3. The summed E-state index contributed by atoms with van der Waals surface area (Å²) in [4.78, 5) is 12.3. The van der Waals surface area contributed by atoms with Crippen LogP contribution in [0.4, 0.5) is 0 Å². The molecule has 1 fully saturated rings. The summed E-state index contributed by atoms with van der Waals surface area (Å²) < 4.78 is 12.6. The molecule has 2 heterocycles. The number of nitrogens with zero attached hydrogens (tertiary/aromatic N) is 3. The van der Waals surface area contributed by atoms with Crippen LogP contribution in [-0.4, -0.2) is 47.8 Å². The molecule has 24 heavy (non-hydrogen) atoms. The van der Waals surface area contributed by atoms with Crippen molar-refractivity contribution in [2.45, 2.75) is 18.3 Å². The highest BCUT2D eigenvalue weighted by atomic mass is 16.5. The Hall–Kier alpha value is -2.41. The highest BCUT2D eigenvalue weighted by Crippen LogP contribution is 2.39. The van der Waals surface area contributed by atoms with Crippen LogP contribution in [0, 0.1) is 0 Å². The van der Waals surface area contributed by atoms with Crippen LogP contribution in [0.15, 0.2) is 30.5 Å². The molecule has 0 radical (unpaired) electrons. The van der Waals surface area contributed by atoms with E-state index in [1.54, 1.807) is 20.4 Å². The highest BCUT2D eigenvalue weighted by Gasteiger charge is 2.37. The zero-order valence-corrected chi connectivity index (χ0v) is 14.0. The number of carbonyl (C=O) groups is 1. The molecule has 0 bridgehead atoms. The van der Waals surface area contributed by atoms with Gasteiger partial charge in [0, 0.05) is 37.8 Å². The van der Waals surface area contributed by atoms with Crippen molar-refractivity contribution in [3.05, 3.63) is 41.7 Å². The fraction of sp³-hybridized carbons (Fsp3) is 0.471. The highest BCUT2D eigenvalue weighted by molar-refractivity contribution is 5.91. The van der Waals surface area contributed by atoms with E-state index in [9.17, 15) is 4.79 Å². The van der Waals surface area contributed by atoms with Gasteiger partial charge in [-0.05, 0) is 18.9 Å². The van der Waals surface area contributed by atoms with Gasteiger partial charge in [-0.2, -0.15) is 0 Å². The summed E-state index contributed by atoms with van der Waals surface area (Å²) in [6.45, 7) is 1.84. The minimum atomic E-state index is -0.219. The van der Waals surface area contributed by atoms with Gasteiger partial charge in [0.1, 0.15) is 5.75 Å². The molecule has 0 aliphatic carbocycles. The molecular weight excluding hydrogens is 308 g/mol. The number of amides is 1. The summed E-state index contributed by atoms with van der Waals surface area (Å²) in [7, 11) is 3.41. The number of ether oxygens (including phenoxy) is 2. The van der Waals surface area contributed by atoms with E-state index in [1.165, 1.54) is 4.68 Å². The topological polar surface area (TPSA) is 78.3 Å². The molecule has 1 aromatic heterocycles. The van der Waals surface area contributed by atoms with Crippen molar-refractivity contribution in [2.75, 3.05) is 26.9 Å². The molecule has 1 aliphatic heterocycles. The Kier molecular flexibility index (Phi) is 4.80. The molecule has 1 saturated heterocycles. The average Bonchev–Trinajstić information content (AvgIpc) is 3.07. The van der Waals surface area contributed by atoms with Crippen LogP contribution in [0.2, 0.25) is 0 Å². The predicted molar refractivity (Wildman–Crippen MR) is 88.1 cm³/mol. The first-order chi connectivity index (χ1) is 11.6. The van der Waals surface area contributed by atoms with Crippen LogP contribution in [0.3, 0.4) is 0 Å². The molecule has 0 saturated carbocycles. The van der Waals surface area contributed by atoms with Crippen LogP contribution in [0.25, 0.3) is 0 Å². The van der Waals surface area contributed by atoms with Crippen molar-refractivity contribution in [3.63, 3.8) is 0 Å². The minimum absolute atomic E-state index is 0.206. The zero-order chi connectivity index (χ0) is 17.0. The van der Waals surface area contributed by atoms with Crippen molar-refractivity contribution in [1.82, 2.24) is 20.3 Å². The maximum Gasteiger partial charge on any atom is 0.273 e. The molecule has 1 N–H and O–H groups in total. The molecule has 7 heteroatoms.